The normalized spacial score (nSPS) is 11.8. The second-order valence-corrected chi connectivity index (χ2v) is 8.24. The summed E-state index contributed by atoms with van der Waals surface area (Å²) >= 11 is 3.48. The molecule has 1 atom stereocenters. The first kappa shape index (κ1) is 22.5. The van der Waals surface area contributed by atoms with Crippen molar-refractivity contribution < 1.29 is 14.5 Å². The van der Waals surface area contributed by atoms with E-state index in [9.17, 15) is 14.9 Å². The van der Waals surface area contributed by atoms with Crippen LogP contribution in [-0.2, 0) is 11.3 Å². The Morgan fingerprint density at radius 3 is 2.58 bits per heavy atom. The second-order valence-electron chi connectivity index (χ2n) is 7.45. The monoisotopic (exact) mass is 486 g/mol. The summed E-state index contributed by atoms with van der Waals surface area (Å²) in [4.78, 5) is 23.6. The van der Waals surface area contributed by atoms with E-state index in [1.54, 1.807) is 23.7 Å². The largest absolute Gasteiger partial charge is 0.457 e. The van der Waals surface area contributed by atoms with Gasteiger partial charge in [-0.25, -0.2) is 0 Å². The zero-order valence-electron chi connectivity index (χ0n) is 17.7. The molecular formula is C22H23BrN4O4. The number of non-ortho nitro benzene ring substituents is 1. The highest BCUT2D eigenvalue weighted by atomic mass is 79.9. The Balaban J connectivity index is 1.79. The first-order valence-corrected chi connectivity index (χ1v) is 10.5. The highest BCUT2D eigenvalue weighted by Crippen LogP contribution is 2.30. The van der Waals surface area contributed by atoms with E-state index >= 15 is 0 Å². The molecule has 0 fully saturated rings. The van der Waals surface area contributed by atoms with Gasteiger partial charge in [-0.1, -0.05) is 19.1 Å². The fourth-order valence-corrected chi connectivity index (χ4v) is 3.38. The Kier molecular flexibility index (Phi) is 6.74. The van der Waals surface area contributed by atoms with Gasteiger partial charge in [0, 0.05) is 17.8 Å². The van der Waals surface area contributed by atoms with E-state index in [2.05, 4.69) is 26.3 Å². The van der Waals surface area contributed by atoms with Crippen molar-refractivity contribution in [3.63, 3.8) is 0 Å². The lowest BCUT2D eigenvalue weighted by atomic mass is 10.1. The third-order valence-electron chi connectivity index (χ3n) is 4.78. The van der Waals surface area contributed by atoms with E-state index in [1.165, 1.54) is 12.1 Å². The number of benzene rings is 2. The van der Waals surface area contributed by atoms with E-state index in [-0.39, 0.29) is 17.3 Å². The number of rotatable bonds is 7. The van der Waals surface area contributed by atoms with Gasteiger partial charge in [0.05, 0.1) is 39.3 Å². The molecule has 2 aromatic carbocycles. The van der Waals surface area contributed by atoms with Crippen LogP contribution < -0.4 is 10.1 Å². The van der Waals surface area contributed by atoms with Crippen molar-refractivity contribution >= 4 is 33.2 Å². The first-order valence-electron chi connectivity index (χ1n) is 9.68. The standard InChI is InChI=1S/C22H23BrN4O4/c1-13-6-5-7-19(8-13)31-20-10-17(9-18(11-20)27(29)30)24-22(28)14(2)12-26-16(4)21(23)15(3)25-26/h5-11,14H,12H2,1-4H3,(H,24,28). The average Bonchev–Trinajstić information content (AvgIpc) is 2.94. The minimum Gasteiger partial charge on any atom is -0.457 e. The van der Waals surface area contributed by atoms with Crippen LogP contribution in [0.5, 0.6) is 11.5 Å². The van der Waals surface area contributed by atoms with Gasteiger partial charge in [0.1, 0.15) is 11.5 Å². The molecular weight excluding hydrogens is 464 g/mol. The van der Waals surface area contributed by atoms with Crippen molar-refractivity contribution in [3.8, 4) is 11.5 Å². The van der Waals surface area contributed by atoms with Crippen LogP contribution in [0, 0.1) is 36.8 Å². The molecule has 3 rings (SSSR count). The van der Waals surface area contributed by atoms with Crippen LogP contribution >= 0.6 is 15.9 Å². The number of nitro benzene ring substituents is 1. The summed E-state index contributed by atoms with van der Waals surface area (Å²) in [6.07, 6.45) is 0. The van der Waals surface area contributed by atoms with Gasteiger partial charge >= 0.3 is 0 Å². The number of nitro groups is 1. The third kappa shape index (κ3) is 5.49. The maximum Gasteiger partial charge on any atom is 0.275 e. The summed E-state index contributed by atoms with van der Waals surface area (Å²) in [5.74, 6) is 0.141. The molecule has 3 aromatic rings. The first-order chi connectivity index (χ1) is 14.6. The Labute approximate surface area is 188 Å². The number of hydrogen-bond donors (Lipinski definition) is 1. The number of aryl methyl sites for hydroxylation is 2. The van der Waals surface area contributed by atoms with Gasteiger partial charge in [0.25, 0.3) is 5.69 Å². The Hall–Kier alpha value is -3.20. The molecule has 0 aliphatic carbocycles. The zero-order valence-corrected chi connectivity index (χ0v) is 19.3. The van der Waals surface area contributed by atoms with Crippen molar-refractivity contribution in [1.29, 1.82) is 0 Å². The molecule has 0 saturated carbocycles. The Morgan fingerprint density at radius 2 is 1.97 bits per heavy atom. The fourth-order valence-electron chi connectivity index (χ4n) is 3.10. The van der Waals surface area contributed by atoms with Crippen molar-refractivity contribution in [2.75, 3.05) is 5.32 Å². The third-order valence-corrected chi connectivity index (χ3v) is 5.93. The molecule has 1 aromatic heterocycles. The van der Waals surface area contributed by atoms with Crippen LogP contribution in [0.4, 0.5) is 11.4 Å². The van der Waals surface area contributed by atoms with Crippen LogP contribution in [0.2, 0.25) is 0 Å². The zero-order chi connectivity index (χ0) is 22.7. The smallest absolute Gasteiger partial charge is 0.275 e. The highest BCUT2D eigenvalue weighted by molar-refractivity contribution is 9.10. The van der Waals surface area contributed by atoms with Crippen molar-refractivity contribution in [2.45, 2.75) is 34.2 Å². The topological polar surface area (TPSA) is 99.3 Å². The van der Waals surface area contributed by atoms with Gasteiger partial charge in [-0.15, -0.1) is 0 Å². The molecule has 0 spiro atoms. The van der Waals surface area contributed by atoms with Gasteiger partial charge in [0.15, 0.2) is 0 Å². The number of nitrogens with one attached hydrogen (secondary N) is 1. The molecule has 162 valence electrons. The number of aromatic nitrogens is 2. The molecule has 1 N–H and O–H groups in total. The Bertz CT molecular complexity index is 1140. The van der Waals surface area contributed by atoms with Gasteiger partial charge < -0.3 is 10.1 Å². The predicted molar refractivity (Wildman–Crippen MR) is 122 cm³/mol. The van der Waals surface area contributed by atoms with E-state index in [0.717, 1.165) is 21.4 Å². The summed E-state index contributed by atoms with van der Waals surface area (Å²) in [5, 5.41) is 18.6. The van der Waals surface area contributed by atoms with E-state index in [0.29, 0.717) is 18.0 Å². The predicted octanol–water partition coefficient (Wildman–Crippen LogP) is 5.55. The molecule has 0 aliphatic heterocycles. The number of carbonyl (C=O) groups excluding carboxylic acids is 1. The van der Waals surface area contributed by atoms with E-state index in [4.69, 9.17) is 4.74 Å². The molecule has 1 unspecified atom stereocenters. The molecule has 0 radical (unpaired) electrons. The molecule has 1 amide bonds. The average molecular weight is 487 g/mol. The molecule has 1 heterocycles. The van der Waals surface area contributed by atoms with Gasteiger partial charge in [0.2, 0.25) is 5.91 Å². The number of halogens is 1. The second kappa shape index (κ2) is 9.30. The van der Waals surface area contributed by atoms with Gasteiger partial charge in [-0.05, 0) is 54.4 Å². The van der Waals surface area contributed by atoms with Crippen molar-refractivity contribution in [2.24, 2.45) is 5.92 Å². The summed E-state index contributed by atoms with van der Waals surface area (Å²) in [5.41, 5.74) is 2.91. The number of ether oxygens (including phenoxy) is 1. The summed E-state index contributed by atoms with van der Waals surface area (Å²) in [7, 11) is 0. The lowest BCUT2D eigenvalue weighted by Gasteiger charge is -2.14. The summed E-state index contributed by atoms with van der Waals surface area (Å²) in [6.45, 7) is 7.89. The van der Waals surface area contributed by atoms with E-state index in [1.807, 2.05) is 39.0 Å². The number of amides is 1. The van der Waals surface area contributed by atoms with Crippen LogP contribution in [-0.4, -0.2) is 20.6 Å². The van der Waals surface area contributed by atoms with Crippen LogP contribution in [0.3, 0.4) is 0 Å². The van der Waals surface area contributed by atoms with Crippen LogP contribution in [0.25, 0.3) is 0 Å². The Morgan fingerprint density at radius 1 is 1.23 bits per heavy atom. The minimum atomic E-state index is -0.518. The lowest BCUT2D eigenvalue weighted by Crippen LogP contribution is -2.25. The van der Waals surface area contributed by atoms with Crippen LogP contribution in [0.1, 0.15) is 23.9 Å². The lowest BCUT2D eigenvalue weighted by molar-refractivity contribution is -0.384. The molecule has 0 aliphatic rings. The van der Waals surface area contributed by atoms with E-state index < -0.39 is 10.8 Å². The molecule has 0 saturated heterocycles. The summed E-state index contributed by atoms with van der Waals surface area (Å²) in [6, 6.07) is 11.6. The maximum absolute atomic E-state index is 12.7. The molecule has 0 bridgehead atoms. The number of hydrogen-bond acceptors (Lipinski definition) is 5. The fraction of sp³-hybridized carbons (Fsp3) is 0.273. The van der Waals surface area contributed by atoms with Crippen molar-refractivity contribution in [3.05, 3.63) is 74.0 Å². The quantitative estimate of drug-likeness (QED) is 0.348. The van der Waals surface area contributed by atoms with Gasteiger partial charge in [-0.2, -0.15) is 5.10 Å². The number of anilines is 1. The molecule has 8 nitrogen and oxygen atoms in total. The van der Waals surface area contributed by atoms with Crippen molar-refractivity contribution in [1.82, 2.24) is 9.78 Å². The highest BCUT2D eigenvalue weighted by Gasteiger charge is 2.19. The van der Waals surface area contributed by atoms with Crippen LogP contribution in [0.15, 0.2) is 46.9 Å². The molecule has 31 heavy (non-hydrogen) atoms. The molecule has 9 heteroatoms. The summed E-state index contributed by atoms with van der Waals surface area (Å²) < 4.78 is 8.47. The van der Waals surface area contributed by atoms with Gasteiger partial charge in [-0.3, -0.25) is 19.6 Å². The maximum atomic E-state index is 12.7. The SMILES string of the molecule is Cc1cccc(Oc2cc(NC(=O)C(C)Cn3nc(C)c(Br)c3C)cc([N+](=O)[O-])c2)c1. The minimum absolute atomic E-state index is 0.171. The number of carbonyl (C=O) groups is 1. The number of nitrogens with zero attached hydrogens (tertiary/aromatic N) is 3.